The Hall–Kier alpha value is -3.75. The molecule has 0 spiro atoms. The van der Waals surface area contributed by atoms with E-state index in [1.807, 2.05) is 0 Å². The molecule has 0 N–H and O–H groups in total. The summed E-state index contributed by atoms with van der Waals surface area (Å²) in [7, 11) is 1.47. The largest absolute Gasteiger partial charge is 0.435 e. The van der Waals surface area contributed by atoms with E-state index in [2.05, 4.69) is 5.10 Å². The molecule has 0 bridgehead atoms. The number of amides is 1. The number of alkyl halides is 3. The molecule has 0 radical (unpaired) electrons. The molecule has 1 aromatic heterocycles. The van der Waals surface area contributed by atoms with Crippen molar-refractivity contribution in [1.29, 1.82) is 0 Å². The van der Waals surface area contributed by atoms with Gasteiger partial charge in [-0.25, -0.2) is 8.78 Å². The molecule has 2 heterocycles. The van der Waals surface area contributed by atoms with Crippen LogP contribution in [-0.2, 0) is 19.6 Å². The van der Waals surface area contributed by atoms with Crippen molar-refractivity contribution in [3.8, 4) is 11.3 Å². The predicted octanol–water partition coefficient (Wildman–Crippen LogP) is 6.63. The lowest BCUT2D eigenvalue weighted by molar-refractivity contribution is -0.141. The van der Waals surface area contributed by atoms with E-state index in [0.717, 1.165) is 35.7 Å². The standard InChI is InChI=1S/C28H24F5N3O/c1-35-25(16-26(34-35)28(31,32)33)21-4-2-19-14-22(5-3-18(19)13-21)27(37)36-10-8-17(9-11-36)12-20-6-7-23(29)15-24(20)30/h2-7,13-17H,8-12H2,1H3. The average Bonchev–Trinajstić information content (AvgIpc) is 3.27. The van der Waals surface area contributed by atoms with Crippen molar-refractivity contribution < 1.29 is 26.7 Å². The highest BCUT2D eigenvalue weighted by Gasteiger charge is 2.34. The highest BCUT2D eigenvalue weighted by Crippen LogP contribution is 2.33. The lowest BCUT2D eigenvalue weighted by Crippen LogP contribution is -2.39. The Kier molecular flexibility index (Phi) is 6.47. The Morgan fingerprint density at radius 3 is 2.32 bits per heavy atom. The van der Waals surface area contributed by atoms with Crippen LogP contribution in [0.5, 0.6) is 0 Å². The van der Waals surface area contributed by atoms with E-state index < -0.39 is 23.5 Å². The SMILES string of the molecule is Cn1nc(C(F)(F)F)cc1-c1ccc2cc(C(=O)N3CCC(Cc4ccc(F)cc4F)CC3)ccc2c1. The third-order valence-electron chi connectivity index (χ3n) is 6.98. The van der Waals surface area contributed by atoms with Crippen LogP contribution in [0.15, 0.2) is 60.7 Å². The maximum atomic E-state index is 14.0. The zero-order chi connectivity index (χ0) is 26.3. The number of likely N-dealkylation sites (tertiary alicyclic amines) is 1. The molecule has 1 saturated heterocycles. The van der Waals surface area contributed by atoms with Crippen LogP contribution in [-0.4, -0.2) is 33.7 Å². The lowest BCUT2D eigenvalue weighted by Gasteiger charge is -2.32. The summed E-state index contributed by atoms with van der Waals surface area (Å²) in [6.07, 6.45) is -2.56. The molecular formula is C28H24F5N3O. The number of carbonyl (C=O) groups excluding carboxylic acids is 1. The van der Waals surface area contributed by atoms with Crippen LogP contribution in [0, 0.1) is 17.6 Å². The Morgan fingerprint density at radius 1 is 0.946 bits per heavy atom. The van der Waals surface area contributed by atoms with Gasteiger partial charge in [-0.3, -0.25) is 9.48 Å². The van der Waals surface area contributed by atoms with E-state index in [4.69, 9.17) is 0 Å². The van der Waals surface area contributed by atoms with E-state index in [0.29, 0.717) is 41.9 Å². The highest BCUT2D eigenvalue weighted by molar-refractivity contribution is 5.99. The second kappa shape index (κ2) is 9.61. The maximum absolute atomic E-state index is 14.0. The molecule has 1 fully saturated rings. The van der Waals surface area contributed by atoms with Crippen LogP contribution in [0.4, 0.5) is 22.0 Å². The quantitative estimate of drug-likeness (QED) is 0.287. The van der Waals surface area contributed by atoms with Gasteiger partial charge in [0.15, 0.2) is 5.69 Å². The zero-order valence-electron chi connectivity index (χ0n) is 20.0. The van der Waals surface area contributed by atoms with Crippen molar-refractivity contribution in [2.45, 2.75) is 25.4 Å². The summed E-state index contributed by atoms with van der Waals surface area (Å²) < 4.78 is 67.5. The highest BCUT2D eigenvalue weighted by atomic mass is 19.4. The molecule has 4 nitrogen and oxygen atoms in total. The monoisotopic (exact) mass is 513 g/mol. The fourth-order valence-corrected chi connectivity index (χ4v) is 4.94. The number of nitrogens with zero attached hydrogens (tertiary/aromatic N) is 3. The number of fused-ring (bicyclic) bond motifs is 1. The Balaban J connectivity index is 1.27. The maximum Gasteiger partial charge on any atom is 0.435 e. The van der Waals surface area contributed by atoms with Gasteiger partial charge in [-0.05, 0) is 71.8 Å². The molecule has 1 aliphatic rings. The first-order chi connectivity index (χ1) is 17.6. The summed E-state index contributed by atoms with van der Waals surface area (Å²) in [5.74, 6) is -1.02. The first-order valence-electron chi connectivity index (χ1n) is 12.0. The van der Waals surface area contributed by atoms with Crippen molar-refractivity contribution in [2.24, 2.45) is 13.0 Å². The zero-order valence-corrected chi connectivity index (χ0v) is 20.0. The molecule has 0 aliphatic carbocycles. The third kappa shape index (κ3) is 5.21. The molecule has 192 valence electrons. The lowest BCUT2D eigenvalue weighted by atomic mass is 9.89. The number of hydrogen-bond donors (Lipinski definition) is 0. The van der Waals surface area contributed by atoms with Gasteiger partial charge in [0.25, 0.3) is 5.91 Å². The molecule has 5 rings (SSSR count). The van der Waals surface area contributed by atoms with Crippen molar-refractivity contribution in [1.82, 2.24) is 14.7 Å². The van der Waals surface area contributed by atoms with Crippen molar-refractivity contribution in [3.63, 3.8) is 0 Å². The van der Waals surface area contributed by atoms with Crippen LogP contribution < -0.4 is 0 Å². The average molecular weight is 514 g/mol. The van der Waals surface area contributed by atoms with Crippen LogP contribution in [0.3, 0.4) is 0 Å². The minimum Gasteiger partial charge on any atom is -0.339 e. The van der Waals surface area contributed by atoms with Gasteiger partial charge in [0.2, 0.25) is 0 Å². The van der Waals surface area contributed by atoms with Gasteiger partial charge >= 0.3 is 6.18 Å². The third-order valence-corrected chi connectivity index (χ3v) is 6.98. The summed E-state index contributed by atoms with van der Waals surface area (Å²) in [6, 6.07) is 15.2. The van der Waals surface area contributed by atoms with Crippen LogP contribution in [0.1, 0.15) is 34.5 Å². The molecule has 4 aromatic rings. The van der Waals surface area contributed by atoms with Crippen molar-refractivity contribution >= 4 is 16.7 Å². The van der Waals surface area contributed by atoms with Crippen LogP contribution in [0.2, 0.25) is 0 Å². The van der Waals surface area contributed by atoms with Crippen LogP contribution in [0.25, 0.3) is 22.0 Å². The number of halogens is 5. The molecule has 0 saturated carbocycles. The minimum absolute atomic E-state index is 0.0983. The molecule has 1 amide bonds. The van der Waals surface area contributed by atoms with Gasteiger partial charge in [0, 0.05) is 37.3 Å². The minimum atomic E-state index is -4.52. The smallest absolute Gasteiger partial charge is 0.339 e. The molecular weight excluding hydrogens is 489 g/mol. The van der Waals surface area contributed by atoms with Gasteiger partial charge in [-0.15, -0.1) is 0 Å². The number of benzene rings is 3. The predicted molar refractivity (Wildman–Crippen MR) is 130 cm³/mol. The van der Waals surface area contributed by atoms with E-state index in [-0.39, 0.29) is 11.8 Å². The van der Waals surface area contributed by atoms with E-state index >= 15 is 0 Å². The van der Waals surface area contributed by atoms with Crippen LogP contribution >= 0.6 is 0 Å². The molecule has 0 atom stereocenters. The molecule has 37 heavy (non-hydrogen) atoms. The number of aryl methyl sites for hydroxylation is 1. The first-order valence-corrected chi connectivity index (χ1v) is 12.0. The summed E-state index contributed by atoms with van der Waals surface area (Å²) in [4.78, 5) is 14.9. The molecule has 3 aromatic carbocycles. The van der Waals surface area contributed by atoms with Gasteiger partial charge < -0.3 is 4.90 Å². The normalized spacial score (nSPS) is 14.9. The summed E-state index contributed by atoms with van der Waals surface area (Å²) in [5, 5.41) is 5.17. The van der Waals surface area contributed by atoms with Crippen molar-refractivity contribution in [2.75, 3.05) is 13.1 Å². The topological polar surface area (TPSA) is 38.1 Å². The number of rotatable bonds is 4. The molecule has 1 aliphatic heterocycles. The summed E-state index contributed by atoms with van der Waals surface area (Å²) >= 11 is 0. The van der Waals surface area contributed by atoms with Gasteiger partial charge in [0.05, 0.1) is 5.69 Å². The fourth-order valence-electron chi connectivity index (χ4n) is 4.94. The number of carbonyl (C=O) groups is 1. The number of hydrogen-bond acceptors (Lipinski definition) is 2. The number of aromatic nitrogens is 2. The second-order valence-corrected chi connectivity index (χ2v) is 9.49. The Bertz CT molecular complexity index is 1470. The van der Waals surface area contributed by atoms with Gasteiger partial charge in [-0.1, -0.05) is 24.3 Å². The van der Waals surface area contributed by atoms with Crippen molar-refractivity contribution in [3.05, 3.63) is 89.1 Å². The van der Waals surface area contributed by atoms with Gasteiger partial charge in [0.1, 0.15) is 11.6 Å². The number of piperidine rings is 1. The Labute approximate surface area is 210 Å². The van der Waals surface area contributed by atoms with E-state index in [1.54, 1.807) is 41.3 Å². The van der Waals surface area contributed by atoms with Gasteiger partial charge in [-0.2, -0.15) is 18.3 Å². The molecule has 9 heteroatoms. The Morgan fingerprint density at radius 2 is 1.65 bits per heavy atom. The summed E-state index contributed by atoms with van der Waals surface area (Å²) in [6.45, 7) is 1.09. The fraction of sp³-hybridized carbons (Fsp3) is 0.286. The molecule has 0 unspecified atom stereocenters. The summed E-state index contributed by atoms with van der Waals surface area (Å²) in [5.41, 5.74) is 1.01. The first kappa shape index (κ1) is 24.9. The van der Waals surface area contributed by atoms with E-state index in [9.17, 15) is 26.7 Å². The van der Waals surface area contributed by atoms with E-state index in [1.165, 1.54) is 23.9 Å². The second-order valence-electron chi connectivity index (χ2n) is 9.49.